The van der Waals surface area contributed by atoms with Crippen LogP contribution in [0.3, 0.4) is 0 Å². The maximum Gasteiger partial charge on any atom is 0.330 e. The molecule has 0 radical (unpaired) electrons. The third-order valence-electron chi connectivity index (χ3n) is 3.27. The predicted octanol–water partition coefficient (Wildman–Crippen LogP) is 0.941. The van der Waals surface area contributed by atoms with Crippen molar-refractivity contribution >= 4 is 17.9 Å². The number of carboxylic acids is 1. The Bertz CT molecular complexity index is 455. The number of carboxylic acid groups (broad SMARTS) is 1. The first-order chi connectivity index (χ1) is 10.5. The molecule has 3 unspecified atom stereocenters. The van der Waals surface area contributed by atoms with Gasteiger partial charge in [-0.25, -0.2) is 4.79 Å². The largest absolute Gasteiger partial charge is 0.481 e. The molecule has 0 aromatic rings. The Kier molecular flexibility index (Phi) is 7.31. The second kappa shape index (κ2) is 8.99. The number of aliphatic carboxylic acids is 1. The number of ether oxygens (including phenoxy) is 3. The average Bonchev–Trinajstić information content (AvgIpc) is 2.52. The summed E-state index contributed by atoms with van der Waals surface area (Å²) in [4.78, 5) is 34.4. The van der Waals surface area contributed by atoms with Gasteiger partial charge in [0, 0.05) is 13.2 Å². The molecule has 1 rings (SSSR count). The van der Waals surface area contributed by atoms with E-state index in [0.717, 1.165) is 6.08 Å². The maximum absolute atomic E-state index is 12.2. The Hall–Kier alpha value is -2.15. The normalized spacial score (nSPS) is 21.7. The summed E-state index contributed by atoms with van der Waals surface area (Å²) in [6.45, 7) is 3.12. The van der Waals surface area contributed by atoms with Gasteiger partial charge in [-0.15, -0.1) is 0 Å². The van der Waals surface area contributed by atoms with E-state index in [1.807, 2.05) is 0 Å². The van der Waals surface area contributed by atoms with E-state index in [1.54, 1.807) is 12.2 Å². The zero-order chi connectivity index (χ0) is 16.5. The Morgan fingerprint density at radius 1 is 1.27 bits per heavy atom. The van der Waals surface area contributed by atoms with E-state index >= 15 is 0 Å². The molecule has 0 aromatic heterocycles. The molecule has 1 aliphatic rings. The number of hydrogen-bond acceptors (Lipinski definition) is 6. The smallest absolute Gasteiger partial charge is 0.330 e. The molecule has 0 amide bonds. The average molecular weight is 312 g/mol. The quantitative estimate of drug-likeness (QED) is 0.404. The van der Waals surface area contributed by atoms with Gasteiger partial charge in [-0.3, -0.25) is 9.59 Å². The van der Waals surface area contributed by atoms with Crippen LogP contribution in [0, 0.1) is 11.8 Å². The zero-order valence-corrected chi connectivity index (χ0v) is 12.4. The van der Waals surface area contributed by atoms with Crippen LogP contribution >= 0.6 is 0 Å². The summed E-state index contributed by atoms with van der Waals surface area (Å²) in [6.07, 6.45) is 4.30. The van der Waals surface area contributed by atoms with Crippen molar-refractivity contribution in [2.45, 2.75) is 18.9 Å². The van der Waals surface area contributed by atoms with E-state index in [2.05, 4.69) is 6.58 Å². The number of carbonyl (C=O) groups excluding carboxylic acids is 2. The lowest BCUT2D eigenvalue weighted by Crippen LogP contribution is -2.37. The third-order valence-corrected chi connectivity index (χ3v) is 3.27. The van der Waals surface area contributed by atoms with Crippen molar-refractivity contribution in [2.75, 3.05) is 20.3 Å². The first-order valence-corrected chi connectivity index (χ1v) is 6.86. The minimum absolute atomic E-state index is 0.0382. The highest BCUT2D eigenvalue weighted by atomic mass is 16.6. The van der Waals surface area contributed by atoms with Crippen LogP contribution < -0.4 is 0 Å². The molecule has 0 saturated carbocycles. The SMILES string of the molecule is C=CC(=O)OCC(COC)OC(=O)C1CC=CCC1C(=O)O. The van der Waals surface area contributed by atoms with Gasteiger partial charge in [-0.2, -0.15) is 0 Å². The van der Waals surface area contributed by atoms with E-state index in [-0.39, 0.29) is 19.6 Å². The standard InChI is InChI=1S/C15H20O7/c1-3-13(16)21-9-10(8-20-2)22-15(19)12-7-5-4-6-11(12)14(17)18/h3-5,10-12H,1,6-9H2,2H3,(H,17,18). The molecule has 0 aliphatic heterocycles. The molecule has 7 heteroatoms. The summed E-state index contributed by atoms with van der Waals surface area (Å²) in [6, 6.07) is 0. The van der Waals surface area contributed by atoms with Crippen LogP contribution in [0.2, 0.25) is 0 Å². The number of methoxy groups -OCH3 is 1. The monoisotopic (exact) mass is 312 g/mol. The van der Waals surface area contributed by atoms with E-state index < -0.39 is 35.8 Å². The molecule has 0 spiro atoms. The van der Waals surface area contributed by atoms with Gasteiger partial charge < -0.3 is 19.3 Å². The van der Waals surface area contributed by atoms with E-state index in [1.165, 1.54) is 7.11 Å². The van der Waals surface area contributed by atoms with Crippen molar-refractivity contribution < 1.29 is 33.7 Å². The Labute approximate surface area is 128 Å². The molecule has 0 bridgehead atoms. The molecule has 3 atom stereocenters. The molecule has 0 aromatic carbocycles. The van der Waals surface area contributed by atoms with Crippen LogP contribution in [0.4, 0.5) is 0 Å². The summed E-state index contributed by atoms with van der Waals surface area (Å²) in [5.74, 6) is -3.87. The summed E-state index contributed by atoms with van der Waals surface area (Å²) in [5.41, 5.74) is 0. The van der Waals surface area contributed by atoms with Gasteiger partial charge in [0.25, 0.3) is 0 Å². The van der Waals surface area contributed by atoms with Crippen LogP contribution in [0.5, 0.6) is 0 Å². The first-order valence-electron chi connectivity index (χ1n) is 6.86. The van der Waals surface area contributed by atoms with Crippen LogP contribution in [0.15, 0.2) is 24.8 Å². The Balaban J connectivity index is 2.64. The van der Waals surface area contributed by atoms with Crippen LogP contribution in [0.25, 0.3) is 0 Å². The minimum atomic E-state index is -1.03. The van der Waals surface area contributed by atoms with E-state index in [4.69, 9.17) is 19.3 Å². The Morgan fingerprint density at radius 3 is 2.45 bits per heavy atom. The highest BCUT2D eigenvalue weighted by Gasteiger charge is 2.36. The molecule has 0 heterocycles. The molecule has 22 heavy (non-hydrogen) atoms. The third kappa shape index (κ3) is 5.33. The molecular weight excluding hydrogens is 292 g/mol. The summed E-state index contributed by atoms with van der Waals surface area (Å²) in [5, 5.41) is 9.16. The lowest BCUT2D eigenvalue weighted by atomic mass is 9.83. The lowest BCUT2D eigenvalue weighted by molar-refractivity contribution is -0.168. The van der Waals surface area contributed by atoms with Gasteiger partial charge in [0.15, 0.2) is 6.10 Å². The number of esters is 2. The maximum atomic E-state index is 12.2. The molecule has 0 saturated heterocycles. The predicted molar refractivity (Wildman–Crippen MR) is 75.9 cm³/mol. The molecule has 1 aliphatic carbocycles. The molecule has 1 N–H and O–H groups in total. The van der Waals surface area contributed by atoms with Crippen molar-refractivity contribution in [3.8, 4) is 0 Å². The number of carbonyl (C=O) groups is 3. The number of allylic oxidation sites excluding steroid dienone is 2. The molecule has 122 valence electrons. The van der Waals surface area contributed by atoms with Crippen molar-refractivity contribution in [1.82, 2.24) is 0 Å². The summed E-state index contributed by atoms with van der Waals surface area (Å²) in [7, 11) is 1.42. The molecular formula is C15H20O7. The van der Waals surface area contributed by atoms with Gasteiger partial charge in [0.2, 0.25) is 0 Å². The second-order valence-corrected chi connectivity index (χ2v) is 4.84. The van der Waals surface area contributed by atoms with Crippen molar-refractivity contribution in [3.63, 3.8) is 0 Å². The van der Waals surface area contributed by atoms with Crippen molar-refractivity contribution in [1.29, 1.82) is 0 Å². The highest BCUT2D eigenvalue weighted by Crippen LogP contribution is 2.27. The number of hydrogen-bond donors (Lipinski definition) is 1. The number of rotatable bonds is 8. The van der Waals surface area contributed by atoms with Crippen LogP contribution in [-0.4, -0.2) is 49.4 Å². The van der Waals surface area contributed by atoms with Gasteiger partial charge in [-0.05, 0) is 12.8 Å². The van der Waals surface area contributed by atoms with Crippen molar-refractivity contribution in [3.05, 3.63) is 24.8 Å². The fourth-order valence-electron chi connectivity index (χ4n) is 2.14. The fourth-order valence-corrected chi connectivity index (χ4v) is 2.14. The molecule has 7 nitrogen and oxygen atoms in total. The van der Waals surface area contributed by atoms with E-state index in [0.29, 0.717) is 6.42 Å². The van der Waals surface area contributed by atoms with Crippen molar-refractivity contribution in [2.24, 2.45) is 11.8 Å². The zero-order valence-electron chi connectivity index (χ0n) is 12.4. The minimum Gasteiger partial charge on any atom is -0.481 e. The first kappa shape index (κ1) is 17.9. The Morgan fingerprint density at radius 2 is 1.91 bits per heavy atom. The topological polar surface area (TPSA) is 99.1 Å². The van der Waals surface area contributed by atoms with Gasteiger partial charge in [0.05, 0.1) is 18.4 Å². The van der Waals surface area contributed by atoms with Crippen LogP contribution in [-0.2, 0) is 28.6 Å². The lowest BCUT2D eigenvalue weighted by Gasteiger charge is -2.26. The van der Waals surface area contributed by atoms with E-state index in [9.17, 15) is 14.4 Å². The van der Waals surface area contributed by atoms with Gasteiger partial charge in [0.1, 0.15) is 6.61 Å². The summed E-state index contributed by atoms with van der Waals surface area (Å²) < 4.78 is 15.0. The molecule has 0 fully saturated rings. The highest BCUT2D eigenvalue weighted by molar-refractivity contribution is 5.82. The fraction of sp³-hybridized carbons (Fsp3) is 0.533. The van der Waals surface area contributed by atoms with Crippen LogP contribution in [0.1, 0.15) is 12.8 Å². The van der Waals surface area contributed by atoms with Gasteiger partial charge >= 0.3 is 17.9 Å². The second-order valence-electron chi connectivity index (χ2n) is 4.84. The summed E-state index contributed by atoms with van der Waals surface area (Å²) >= 11 is 0. The van der Waals surface area contributed by atoms with Gasteiger partial charge in [-0.1, -0.05) is 18.7 Å².